The summed E-state index contributed by atoms with van der Waals surface area (Å²) in [5.74, 6) is 1.88. The summed E-state index contributed by atoms with van der Waals surface area (Å²) >= 11 is 0. The zero-order valence-electron chi connectivity index (χ0n) is 16.2. The quantitative estimate of drug-likeness (QED) is 0.251. The van der Waals surface area contributed by atoms with Gasteiger partial charge in [0, 0.05) is 18.8 Å². The van der Waals surface area contributed by atoms with Crippen molar-refractivity contribution < 1.29 is 0 Å². The summed E-state index contributed by atoms with van der Waals surface area (Å²) in [4.78, 5) is 7.51. The lowest BCUT2D eigenvalue weighted by molar-refractivity contribution is 0.477. The first-order valence-electron chi connectivity index (χ1n) is 10.5. The summed E-state index contributed by atoms with van der Waals surface area (Å²) < 4.78 is 0. The van der Waals surface area contributed by atoms with Crippen LogP contribution in [-0.4, -0.2) is 9.97 Å². The molecular formula is C22H40N2. The van der Waals surface area contributed by atoms with Crippen LogP contribution >= 0.6 is 0 Å². The van der Waals surface area contributed by atoms with E-state index < -0.39 is 0 Å². The molecule has 0 aliphatic carbocycles. The van der Waals surface area contributed by atoms with E-state index in [2.05, 4.69) is 36.0 Å². The summed E-state index contributed by atoms with van der Waals surface area (Å²) in [6.45, 7) is 4.62. The molecule has 0 bridgehead atoms. The predicted molar refractivity (Wildman–Crippen MR) is 106 cm³/mol. The van der Waals surface area contributed by atoms with Crippen molar-refractivity contribution >= 4 is 0 Å². The van der Waals surface area contributed by atoms with Crippen LogP contribution in [0.4, 0.5) is 0 Å². The molecular weight excluding hydrogens is 292 g/mol. The Hall–Kier alpha value is -1.05. The van der Waals surface area contributed by atoms with E-state index in [1.54, 1.807) is 0 Å². The Kier molecular flexibility index (Phi) is 13.5. The molecule has 1 rings (SSSR count). The van der Waals surface area contributed by atoms with Crippen molar-refractivity contribution in [1.29, 1.82) is 0 Å². The fourth-order valence-corrected chi connectivity index (χ4v) is 3.23. The maximum atomic E-state index is 4.31. The third kappa shape index (κ3) is 12.4. The van der Waals surface area contributed by atoms with Crippen LogP contribution in [0.1, 0.15) is 103 Å². The van der Waals surface area contributed by atoms with Crippen molar-refractivity contribution in [3.05, 3.63) is 30.4 Å². The molecule has 1 aromatic rings. The molecule has 1 heterocycles. The van der Waals surface area contributed by atoms with Gasteiger partial charge in [-0.1, -0.05) is 83.8 Å². The van der Waals surface area contributed by atoms with Crippen molar-refractivity contribution in [2.45, 2.75) is 104 Å². The average Bonchev–Trinajstić information content (AvgIpc) is 3.08. The van der Waals surface area contributed by atoms with Crippen molar-refractivity contribution in [2.24, 2.45) is 5.92 Å². The number of H-pyrrole nitrogens is 1. The van der Waals surface area contributed by atoms with Gasteiger partial charge in [0.15, 0.2) is 0 Å². The zero-order valence-corrected chi connectivity index (χ0v) is 16.2. The molecule has 0 spiro atoms. The van der Waals surface area contributed by atoms with Gasteiger partial charge in [0.25, 0.3) is 0 Å². The molecule has 0 saturated heterocycles. The minimum absolute atomic E-state index is 0.744. The Labute approximate surface area is 150 Å². The summed E-state index contributed by atoms with van der Waals surface area (Å²) in [6, 6.07) is 0. The van der Waals surface area contributed by atoms with Gasteiger partial charge in [-0.3, -0.25) is 0 Å². The first-order chi connectivity index (χ1) is 11.8. The number of nitrogens with zero attached hydrogens (tertiary/aromatic N) is 1. The number of allylic oxidation sites excluding steroid dienone is 2. The van der Waals surface area contributed by atoms with Gasteiger partial charge in [-0.05, 0) is 31.6 Å². The van der Waals surface area contributed by atoms with Gasteiger partial charge >= 0.3 is 0 Å². The largest absolute Gasteiger partial charge is 0.349 e. The highest BCUT2D eigenvalue weighted by molar-refractivity contribution is 4.88. The van der Waals surface area contributed by atoms with Gasteiger partial charge in [-0.2, -0.15) is 0 Å². The first kappa shape index (κ1) is 21.0. The molecule has 0 fully saturated rings. The Bertz CT molecular complexity index is 381. The van der Waals surface area contributed by atoms with E-state index in [0.29, 0.717) is 0 Å². The molecule has 24 heavy (non-hydrogen) atoms. The fourth-order valence-electron chi connectivity index (χ4n) is 3.23. The Balaban J connectivity index is 1.80. The van der Waals surface area contributed by atoms with Crippen molar-refractivity contribution in [3.8, 4) is 0 Å². The minimum atomic E-state index is 0.744. The number of nitrogens with one attached hydrogen (secondary N) is 1. The van der Waals surface area contributed by atoms with Crippen LogP contribution in [0.5, 0.6) is 0 Å². The summed E-state index contributed by atoms with van der Waals surface area (Å²) in [7, 11) is 0. The van der Waals surface area contributed by atoms with Crippen molar-refractivity contribution in [1.82, 2.24) is 9.97 Å². The second kappa shape index (κ2) is 15.5. The lowest BCUT2D eigenvalue weighted by Gasteiger charge is -2.09. The number of hydrogen-bond acceptors (Lipinski definition) is 1. The monoisotopic (exact) mass is 332 g/mol. The van der Waals surface area contributed by atoms with E-state index in [0.717, 1.165) is 18.2 Å². The highest BCUT2D eigenvalue weighted by Gasteiger charge is 2.04. The first-order valence-corrected chi connectivity index (χ1v) is 10.5. The number of unbranched alkanes of at least 4 members (excludes halogenated alkanes) is 10. The molecule has 0 amide bonds. The maximum Gasteiger partial charge on any atom is 0.106 e. The smallest absolute Gasteiger partial charge is 0.106 e. The molecule has 0 aromatic carbocycles. The van der Waals surface area contributed by atoms with E-state index in [1.807, 2.05) is 12.4 Å². The molecule has 1 aromatic heterocycles. The van der Waals surface area contributed by atoms with Gasteiger partial charge in [0.1, 0.15) is 5.82 Å². The van der Waals surface area contributed by atoms with E-state index in [4.69, 9.17) is 0 Å². The van der Waals surface area contributed by atoms with Gasteiger partial charge < -0.3 is 4.98 Å². The van der Waals surface area contributed by atoms with Crippen molar-refractivity contribution in [2.75, 3.05) is 0 Å². The number of aromatic amines is 1. The Morgan fingerprint density at radius 3 is 2.17 bits per heavy atom. The third-order valence-corrected chi connectivity index (χ3v) is 4.81. The molecule has 2 nitrogen and oxygen atoms in total. The highest BCUT2D eigenvalue weighted by atomic mass is 14.9. The maximum absolute atomic E-state index is 4.31. The third-order valence-electron chi connectivity index (χ3n) is 4.81. The molecule has 1 unspecified atom stereocenters. The van der Waals surface area contributed by atoms with Crippen LogP contribution in [0.15, 0.2) is 24.5 Å². The van der Waals surface area contributed by atoms with Crippen LogP contribution in [-0.2, 0) is 6.42 Å². The number of imidazole rings is 1. The van der Waals surface area contributed by atoms with E-state index in [9.17, 15) is 0 Å². The van der Waals surface area contributed by atoms with E-state index in [1.165, 1.54) is 83.5 Å². The SMILES string of the molecule is CCCCCCCC/C=C\CCCCCCC(C)Cc1ncc[nH]1. The molecule has 1 N–H and O–H groups in total. The van der Waals surface area contributed by atoms with Crippen molar-refractivity contribution in [3.63, 3.8) is 0 Å². The molecule has 138 valence electrons. The van der Waals surface area contributed by atoms with Crippen LogP contribution in [0.2, 0.25) is 0 Å². The zero-order chi connectivity index (χ0) is 17.3. The van der Waals surface area contributed by atoms with Gasteiger partial charge in [0.2, 0.25) is 0 Å². The predicted octanol–water partition coefficient (Wildman–Crippen LogP) is 7.24. The number of aromatic nitrogens is 2. The Morgan fingerprint density at radius 2 is 1.54 bits per heavy atom. The molecule has 0 aliphatic heterocycles. The second-order valence-electron chi connectivity index (χ2n) is 7.36. The number of rotatable bonds is 16. The molecule has 1 atom stereocenters. The Morgan fingerprint density at radius 1 is 0.917 bits per heavy atom. The summed E-state index contributed by atoms with van der Waals surface area (Å²) in [5.41, 5.74) is 0. The number of hydrogen-bond donors (Lipinski definition) is 1. The van der Waals surface area contributed by atoms with Crippen LogP contribution in [0.25, 0.3) is 0 Å². The van der Waals surface area contributed by atoms with Crippen LogP contribution in [0.3, 0.4) is 0 Å². The topological polar surface area (TPSA) is 28.7 Å². The van der Waals surface area contributed by atoms with Gasteiger partial charge in [-0.15, -0.1) is 0 Å². The highest BCUT2D eigenvalue weighted by Crippen LogP contribution is 2.15. The lowest BCUT2D eigenvalue weighted by atomic mass is 9.99. The van der Waals surface area contributed by atoms with E-state index >= 15 is 0 Å². The molecule has 0 radical (unpaired) electrons. The molecule has 0 aliphatic rings. The van der Waals surface area contributed by atoms with Gasteiger partial charge in [0.05, 0.1) is 0 Å². The van der Waals surface area contributed by atoms with Crippen LogP contribution < -0.4 is 0 Å². The standard InChI is InChI=1S/C22H40N2/c1-3-4-5-6-7-8-9-10-11-12-13-14-15-16-17-21(2)20-22-23-18-19-24-22/h10-11,18-19,21H,3-9,12-17,20H2,1-2H3,(H,23,24)/b11-10-. The van der Waals surface area contributed by atoms with Crippen LogP contribution in [0, 0.1) is 5.92 Å². The molecule has 0 saturated carbocycles. The summed E-state index contributed by atoms with van der Waals surface area (Å²) in [5, 5.41) is 0. The minimum Gasteiger partial charge on any atom is -0.349 e. The second-order valence-corrected chi connectivity index (χ2v) is 7.36. The van der Waals surface area contributed by atoms with Gasteiger partial charge in [-0.25, -0.2) is 4.98 Å². The molecule has 2 heteroatoms. The summed E-state index contributed by atoms with van der Waals surface area (Å²) in [6.07, 6.45) is 27.5. The van der Waals surface area contributed by atoms with E-state index in [-0.39, 0.29) is 0 Å². The lowest BCUT2D eigenvalue weighted by Crippen LogP contribution is -2.01. The average molecular weight is 333 g/mol. The normalized spacial score (nSPS) is 12.9. The fraction of sp³-hybridized carbons (Fsp3) is 0.773.